The van der Waals surface area contributed by atoms with Gasteiger partial charge in [-0.05, 0) is 6.07 Å². The van der Waals surface area contributed by atoms with Gasteiger partial charge in [0, 0.05) is 21.4 Å². The number of hydrogen-bond donors (Lipinski definition) is 0. The van der Waals surface area contributed by atoms with E-state index in [2.05, 4.69) is 0 Å². The summed E-state index contributed by atoms with van der Waals surface area (Å²) in [4.78, 5) is 0.655. The van der Waals surface area contributed by atoms with Crippen LogP contribution in [0.25, 0.3) is 0 Å². The van der Waals surface area contributed by atoms with Gasteiger partial charge < -0.3 is 0 Å². The molecule has 0 fully saturated rings. The van der Waals surface area contributed by atoms with Crippen LogP contribution in [0, 0.1) is 0 Å². The van der Waals surface area contributed by atoms with Crippen molar-refractivity contribution in [2.75, 3.05) is 0 Å². The van der Waals surface area contributed by atoms with Crippen molar-refractivity contribution in [3.8, 4) is 0 Å². The minimum atomic E-state index is 0.449. The zero-order valence-electron chi connectivity index (χ0n) is 4.50. The van der Waals surface area contributed by atoms with E-state index < -0.39 is 0 Å². The second-order valence-electron chi connectivity index (χ2n) is 1.54. The summed E-state index contributed by atoms with van der Waals surface area (Å²) >= 11 is 6.02. The Labute approximate surface area is 62.1 Å². The quantitative estimate of drug-likeness (QED) is 0.574. The van der Waals surface area contributed by atoms with E-state index in [1.54, 1.807) is 24.3 Å². The van der Waals surface area contributed by atoms with Gasteiger partial charge in [0.15, 0.2) is 0 Å². The molecule has 0 aliphatic heterocycles. The average Bonchev–Trinajstić information content (AvgIpc) is 1.88. The van der Waals surface area contributed by atoms with E-state index in [-0.39, 0.29) is 0 Å². The molecule has 0 bridgehead atoms. The van der Waals surface area contributed by atoms with Gasteiger partial charge in [0.25, 0.3) is 4.90 Å². The van der Waals surface area contributed by atoms with Crippen LogP contribution in [0.4, 0.5) is 0 Å². The van der Waals surface area contributed by atoms with Crippen molar-refractivity contribution in [2.24, 2.45) is 0 Å². The van der Waals surface area contributed by atoms with Crippen molar-refractivity contribution in [3.05, 3.63) is 29.3 Å². The van der Waals surface area contributed by atoms with E-state index in [0.717, 1.165) is 0 Å². The Morgan fingerprint density at radius 2 is 2.22 bits per heavy atom. The molecular formula is C6H4ClOS+. The molecule has 46 valence electrons. The Balaban J connectivity index is 3.07. The highest BCUT2D eigenvalue weighted by Crippen LogP contribution is 2.09. The van der Waals surface area contributed by atoms with E-state index in [0.29, 0.717) is 21.6 Å². The van der Waals surface area contributed by atoms with Crippen LogP contribution in [-0.2, 0) is 15.9 Å². The van der Waals surface area contributed by atoms with Crippen LogP contribution in [0.2, 0.25) is 5.02 Å². The molecular weight excluding hydrogens is 156 g/mol. The number of benzene rings is 1. The summed E-state index contributed by atoms with van der Waals surface area (Å²) in [6, 6.07) is 6.85. The van der Waals surface area contributed by atoms with Crippen LogP contribution < -0.4 is 0 Å². The van der Waals surface area contributed by atoms with Gasteiger partial charge in [-0.1, -0.05) is 17.7 Å². The topological polar surface area (TPSA) is 17.1 Å². The predicted octanol–water partition coefficient (Wildman–Crippen LogP) is 2.13. The second-order valence-corrected chi connectivity index (χ2v) is 2.62. The van der Waals surface area contributed by atoms with Crippen molar-refractivity contribution in [1.82, 2.24) is 0 Å². The first-order chi connectivity index (χ1) is 4.33. The third-order valence-corrected chi connectivity index (χ3v) is 1.57. The number of hydrogen-bond acceptors (Lipinski definition) is 1. The molecule has 1 aromatic carbocycles. The first kappa shape index (κ1) is 6.65. The normalized spacial score (nSPS) is 9.00. The summed E-state index contributed by atoms with van der Waals surface area (Å²) in [6.45, 7) is 0. The summed E-state index contributed by atoms with van der Waals surface area (Å²) in [5.74, 6) is 0. The fourth-order valence-corrected chi connectivity index (χ4v) is 1.08. The predicted molar refractivity (Wildman–Crippen MR) is 37.8 cm³/mol. The zero-order valence-corrected chi connectivity index (χ0v) is 6.08. The Morgan fingerprint density at radius 3 is 2.67 bits per heavy atom. The van der Waals surface area contributed by atoms with Crippen LogP contribution in [-0.4, -0.2) is 0 Å². The minimum Gasteiger partial charge on any atom is -0.0841 e. The molecule has 1 rings (SSSR count). The summed E-state index contributed by atoms with van der Waals surface area (Å²) in [5.41, 5.74) is 0. The smallest absolute Gasteiger partial charge is 0.0841 e. The third-order valence-electron chi connectivity index (χ3n) is 0.892. The van der Waals surface area contributed by atoms with Crippen LogP contribution in [0.5, 0.6) is 0 Å². The van der Waals surface area contributed by atoms with Crippen molar-refractivity contribution < 1.29 is 4.21 Å². The second kappa shape index (κ2) is 2.90. The summed E-state index contributed by atoms with van der Waals surface area (Å²) in [6.07, 6.45) is 0. The van der Waals surface area contributed by atoms with Crippen molar-refractivity contribution in [3.63, 3.8) is 0 Å². The molecule has 0 atom stereocenters. The largest absolute Gasteiger partial charge is 0.505 e. The summed E-state index contributed by atoms with van der Waals surface area (Å²) < 4.78 is 10.1. The Hall–Kier alpha value is -0.470. The SMILES string of the molecule is O=[S+]c1cccc(Cl)c1. The molecule has 0 unspecified atom stereocenters. The third kappa shape index (κ3) is 1.73. The molecule has 1 nitrogen and oxygen atoms in total. The molecule has 0 saturated heterocycles. The van der Waals surface area contributed by atoms with E-state index in [9.17, 15) is 4.21 Å². The molecule has 0 aliphatic rings. The molecule has 0 aromatic heterocycles. The first-order valence-corrected chi connectivity index (χ1v) is 3.50. The van der Waals surface area contributed by atoms with Crippen LogP contribution >= 0.6 is 11.6 Å². The Kier molecular flexibility index (Phi) is 2.14. The lowest BCUT2D eigenvalue weighted by atomic mass is 10.4. The Bertz CT molecular complexity index is 224. The Morgan fingerprint density at radius 1 is 1.44 bits per heavy atom. The lowest BCUT2D eigenvalue weighted by molar-refractivity contribution is 0.605. The fraction of sp³-hybridized carbons (Fsp3) is 0. The highest BCUT2D eigenvalue weighted by Gasteiger charge is 2.03. The van der Waals surface area contributed by atoms with E-state index >= 15 is 0 Å². The number of rotatable bonds is 1. The lowest BCUT2D eigenvalue weighted by Gasteiger charge is -1.79. The van der Waals surface area contributed by atoms with Gasteiger partial charge in [-0.3, -0.25) is 0 Å². The summed E-state index contributed by atoms with van der Waals surface area (Å²) in [5, 5.41) is 0.607. The maximum absolute atomic E-state index is 10.1. The molecule has 0 N–H and O–H groups in total. The molecule has 0 spiro atoms. The molecule has 3 heteroatoms. The van der Waals surface area contributed by atoms with E-state index in [4.69, 9.17) is 11.6 Å². The van der Waals surface area contributed by atoms with Gasteiger partial charge in [0.05, 0.1) is 0 Å². The van der Waals surface area contributed by atoms with E-state index in [1.165, 1.54) is 0 Å². The molecule has 0 saturated carbocycles. The van der Waals surface area contributed by atoms with Crippen molar-refractivity contribution >= 4 is 23.3 Å². The molecule has 0 radical (unpaired) electrons. The van der Waals surface area contributed by atoms with Crippen molar-refractivity contribution in [1.29, 1.82) is 0 Å². The van der Waals surface area contributed by atoms with Gasteiger partial charge in [-0.2, -0.15) is 0 Å². The van der Waals surface area contributed by atoms with Gasteiger partial charge >= 0.3 is 11.7 Å². The molecule has 9 heavy (non-hydrogen) atoms. The monoisotopic (exact) mass is 159 g/mol. The molecule has 0 heterocycles. The minimum absolute atomic E-state index is 0.449. The van der Waals surface area contributed by atoms with Gasteiger partial charge in [-0.25, -0.2) is 0 Å². The van der Waals surface area contributed by atoms with Crippen LogP contribution in [0.3, 0.4) is 0 Å². The van der Waals surface area contributed by atoms with E-state index in [1.807, 2.05) is 0 Å². The zero-order chi connectivity index (χ0) is 6.69. The van der Waals surface area contributed by atoms with Crippen molar-refractivity contribution in [2.45, 2.75) is 4.90 Å². The fourth-order valence-electron chi connectivity index (χ4n) is 0.519. The van der Waals surface area contributed by atoms with Crippen LogP contribution in [0.15, 0.2) is 29.2 Å². The number of halogens is 1. The maximum Gasteiger partial charge on any atom is 0.505 e. The van der Waals surface area contributed by atoms with Gasteiger partial charge in [-0.15, -0.1) is 0 Å². The maximum atomic E-state index is 10.1. The molecule has 1 aromatic rings. The van der Waals surface area contributed by atoms with Gasteiger partial charge in [0.2, 0.25) is 0 Å². The lowest BCUT2D eigenvalue weighted by Crippen LogP contribution is -1.69. The highest BCUT2D eigenvalue weighted by molar-refractivity contribution is 7.65. The first-order valence-electron chi connectivity index (χ1n) is 2.38. The highest BCUT2D eigenvalue weighted by atomic mass is 35.5. The molecule has 0 aliphatic carbocycles. The van der Waals surface area contributed by atoms with Gasteiger partial charge in [0.1, 0.15) is 0 Å². The average molecular weight is 160 g/mol. The molecule has 0 amide bonds. The van der Waals surface area contributed by atoms with Crippen LogP contribution in [0.1, 0.15) is 0 Å². The standard InChI is InChI=1S/C6H4ClOS/c7-5-2-1-3-6(4-5)9-8/h1-4H/q+1. The summed E-state index contributed by atoms with van der Waals surface area (Å²) in [7, 11) is 0.